The average molecular weight is 292 g/mol. The zero-order valence-electron chi connectivity index (χ0n) is 6.40. The summed E-state index contributed by atoms with van der Waals surface area (Å²) >= 11 is 3.87. The average Bonchev–Trinajstić information content (AvgIpc) is 2.30. The fourth-order valence-electron chi connectivity index (χ4n) is 1.14. The van der Waals surface area contributed by atoms with Crippen LogP contribution in [0.1, 0.15) is 5.56 Å². The molecule has 1 aromatic carbocycles. The molecule has 0 unspecified atom stereocenters. The molecule has 62 valence electrons. The Labute approximate surface area is 87.5 Å². The van der Waals surface area contributed by atoms with Gasteiger partial charge in [-0.25, -0.2) is 4.39 Å². The molecule has 2 aromatic rings. The van der Waals surface area contributed by atoms with Gasteiger partial charge in [-0.05, 0) is 58.7 Å². The number of halogens is 2. The lowest BCUT2D eigenvalue weighted by Gasteiger charge is -1.94. The number of rotatable bonds is 0. The van der Waals surface area contributed by atoms with Crippen molar-refractivity contribution in [2.24, 2.45) is 0 Å². The molecular formula is C9H6FIS. The standard InChI is InChI=1S/C9H6FIS/c1-5-2-6-3-9(11)12-8(6)4-7(5)10/h2-4H,1H3. The predicted octanol–water partition coefficient (Wildman–Crippen LogP) is 3.95. The van der Waals surface area contributed by atoms with Crippen molar-refractivity contribution in [3.8, 4) is 0 Å². The highest BCUT2D eigenvalue weighted by Crippen LogP contribution is 2.28. The van der Waals surface area contributed by atoms with Crippen LogP contribution in [0.15, 0.2) is 18.2 Å². The highest BCUT2D eigenvalue weighted by molar-refractivity contribution is 14.1. The minimum atomic E-state index is -0.110. The second kappa shape index (κ2) is 2.96. The quantitative estimate of drug-likeness (QED) is 0.645. The first-order valence-electron chi connectivity index (χ1n) is 3.52. The van der Waals surface area contributed by atoms with Crippen LogP contribution in [0.5, 0.6) is 0 Å². The maximum Gasteiger partial charge on any atom is 0.127 e. The fraction of sp³-hybridized carbons (Fsp3) is 0.111. The van der Waals surface area contributed by atoms with E-state index in [4.69, 9.17) is 0 Å². The van der Waals surface area contributed by atoms with Crippen molar-refractivity contribution in [2.75, 3.05) is 0 Å². The van der Waals surface area contributed by atoms with Gasteiger partial charge in [0.2, 0.25) is 0 Å². The molecule has 0 bridgehead atoms. The van der Waals surface area contributed by atoms with E-state index in [-0.39, 0.29) is 5.82 Å². The lowest BCUT2D eigenvalue weighted by atomic mass is 10.2. The third kappa shape index (κ3) is 1.35. The van der Waals surface area contributed by atoms with Gasteiger partial charge in [0.25, 0.3) is 0 Å². The van der Waals surface area contributed by atoms with E-state index < -0.39 is 0 Å². The van der Waals surface area contributed by atoms with Gasteiger partial charge in [-0.2, -0.15) is 0 Å². The van der Waals surface area contributed by atoms with Crippen molar-refractivity contribution >= 4 is 44.0 Å². The van der Waals surface area contributed by atoms with Crippen molar-refractivity contribution in [1.82, 2.24) is 0 Å². The first kappa shape index (κ1) is 8.44. The summed E-state index contributed by atoms with van der Waals surface area (Å²) in [5.41, 5.74) is 0.719. The predicted molar refractivity (Wildman–Crippen MR) is 59.2 cm³/mol. The molecule has 0 saturated heterocycles. The Kier molecular flexibility index (Phi) is 2.08. The normalized spacial score (nSPS) is 10.9. The zero-order valence-corrected chi connectivity index (χ0v) is 9.37. The molecule has 0 fully saturated rings. The van der Waals surface area contributed by atoms with Gasteiger partial charge in [-0.3, -0.25) is 0 Å². The summed E-state index contributed by atoms with van der Waals surface area (Å²) in [6, 6.07) is 5.58. The molecule has 0 saturated carbocycles. The molecule has 0 radical (unpaired) electrons. The van der Waals surface area contributed by atoms with Crippen LogP contribution in [0.25, 0.3) is 10.1 Å². The van der Waals surface area contributed by atoms with Crippen LogP contribution in [0.2, 0.25) is 0 Å². The molecule has 0 aliphatic carbocycles. The summed E-state index contributed by atoms with van der Waals surface area (Å²) in [6.07, 6.45) is 0. The minimum Gasteiger partial charge on any atom is -0.207 e. The molecule has 0 atom stereocenters. The molecule has 0 N–H and O–H groups in total. The number of hydrogen-bond donors (Lipinski definition) is 0. The Morgan fingerprint density at radius 1 is 1.33 bits per heavy atom. The molecule has 0 spiro atoms. The van der Waals surface area contributed by atoms with Crippen molar-refractivity contribution in [2.45, 2.75) is 6.92 Å². The molecule has 1 heterocycles. The van der Waals surface area contributed by atoms with Gasteiger partial charge in [0.05, 0.1) is 2.88 Å². The second-order valence-electron chi connectivity index (χ2n) is 2.69. The van der Waals surface area contributed by atoms with Crippen LogP contribution < -0.4 is 0 Å². The molecule has 3 heteroatoms. The van der Waals surface area contributed by atoms with E-state index in [0.717, 1.165) is 15.6 Å². The van der Waals surface area contributed by atoms with Crippen molar-refractivity contribution in [3.63, 3.8) is 0 Å². The SMILES string of the molecule is Cc1cc2cc(I)sc2cc1F. The van der Waals surface area contributed by atoms with Gasteiger partial charge in [-0.15, -0.1) is 11.3 Å². The fourth-order valence-corrected chi connectivity index (χ4v) is 2.98. The zero-order chi connectivity index (χ0) is 8.72. The molecular weight excluding hydrogens is 286 g/mol. The number of thiophene rings is 1. The first-order valence-corrected chi connectivity index (χ1v) is 5.41. The monoisotopic (exact) mass is 292 g/mol. The van der Waals surface area contributed by atoms with Crippen molar-refractivity contribution in [3.05, 3.63) is 32.5 Å². The smallest absolute Gasteiger partial charge is 0.127 e. The van der Waals surface area contributed by atoms with E-state index in [1.165, 1.54) is 2.88 Å². The summed E-state index contributed by atoms with van der Waals surface area (Å²) in [4.78, 5) is 0. The highest BCUT2D eigenvalue weighted by Gasteiger charge is 2.03. The van der Waals surface area contributed by atoms with Crippen LogP contribution in [0.3, 0.4) is 0 Å². The van der Waals surface area contributed by atoms with E-state index in [1.807, 2.05) is 6.07 Å². The van der Waals surface area contributed by atoms with Crippen LogP contribution in [-0.4, -0.2) is 0 Å². The summed E-state index contributed by atoms with van der Waals surface area (Å²) in [5.74, 6) is -0.110. The largest absolute Gasteiger partial charge is 0.207 e. The Hall–Kier alpha value is -0.160. The van der Waals surface area contributed by atoms with Crippen LogP contribution in [0, 0.1) is 15.6 Å². The van der Waals surface area contributed by atoms with Gasteiger partial charge in [-0.1, -0.05) is 0 Å². The molecule has 1 aromatic heterocycles. The molecule has 0 aliphatic rings. The Balaban J connectivity index is 2.83. The van der Waals surface area contributed by atoms with E-state index in [9.17, 15) is 4.39 Å². The lowest BCUT2D eigenvalue weighted by Crippen LogP contribution is -1.78. The maximum absolute atomic E-state index is 13.1. The van der Waals surface area contributed by atoms with Crippen LogP contribution in [0.4, 0.5) is 4.39 Å². The molecule has 2 rings (SSSR count). The maximum atomic E-state index is 13.1. The van der Waals surface area contributed by atoms with Gasteiger partial charge < -0.3 is 0 Å². The van der Waals surface area contributed by atoms with E-state index in [1.54, 1.807) is 24.3 Å². The minimum absolute atomic E-state index is 0.110. The third-order valence-corrected chi connectivity index (χ3v) is 3.63. The van der Waals surface area contributed by atoms with Gasteiger partial charge in [0.1, 0.15) is 5.82 Å². The summed E-state index contributed by atoms with van der Waals surface area (Å²) in [7, 11) is 0. The number of aryl methyl sites for hydroxylation is 1. The summed E-state index contributed by atoms with van der Waals surface area (Å²) in [6.45, 7) is 1.79. The molecule has 0 nitrogen and oxygen atoms in total. The topological polar surface area (TPSA) is 0 Å². The van der Waals surface area contributed by atoms with Gasteiger partial charge >= 0.3 is 0 Å². The number of benzene rings is 1. The third-order valence-electron chi connectivity index (χ3n) is 1.77. The number of fused-ring (bicyclic) bond motifs is 1. The highest BCUT2D eigenvalue weighted by atomic mass is 127. The molecule has 12 heavy (non-hydrogen) atoms. The lowest BCUT2D eigenvalue weighted by molar-refractivity contribution is 0.621. The van der Waals surface area contributed by atoms with Gasteiger partial charge in [0.15, 0.2) is 0 Å². The van der Waals surface area contributed by atoms with Crippen LogP contribution >= 0.6 is 33.9 Å². The van der Waals surface area contributed by atoms with E-state index >= 15 is 0 Å². The number of hydrogen-bond acceptors (Lipinski definition) is 1. The van der Waals surface area contributed by atoms with Crippen LogP contribution in [-0.2, 0) is 0 Å². The molecule has 0 amide bonds. The van der Waals surface area contributed by atoms with E-state index in [2.05, 4.69) is 28.7 Å². The van der Waals surface area contributed by atoms with Crippen molar-refractivity contribution < 1.29 is 4.39 Å². The summed E-state index contributed by atoms with van der Waals surface area (Å²) < 4.78 is 15.3. The summed E-state index contributed by atoms with van der Waals surface area (Å²) in [5, 5.41) is 1.14. The Morgan fingerprint density at radius 2 is 2.08 bits per heavy atom. The molecule has 0 aliphatic heterocycles. The first-order chi connectivity index (χ1) is 5.66. The Bertz CT molecular complexity index is 394. The Morgan fingerprint density at radius 3 is 2.83 bits per heavy atom. The van der Waals surface area contributed by atoms with E-state index in [0.29, 0.717) is 0 Å². The second-order valence-corrected chi connectivity index (χ2v) is 5.67. The van der Waals surface area contributed by atoms with Crippen molar-refractivity contribution in [1.29, 1.82) is 0 Å². The van der Waals surface area contributed by atoms with Gasteiger partial charge in [0, 0.05) is 4.70 Å².